The molecule has 2 heterocycles. The quantitative estimate of drug-likeness (QED) is 0.898. The van der Waals surface area contributed by atoms with Gasteiger partial charge in [-0.3, -0.25) is 4.79 Å². The molecule has 1 aromatic heterocycles. The van der Waals surface area contributed by atoms with E-state index in [-0.39, 0.29) is 17.4 Å². The molecule has 1 fully saturated rings. The van der Waals surface area contributed by atoms with Crippen LogP contribution in [0.3, 0.4) is 0 Å². The molecule has 4 heteroatoms. The van der Waals surface area contributed by atoms with Gasteiger partial charge in [-0.25, -0.2) is 0 Å². The standard InChI is InChI=1S/C19H23NO2S/c1-2-16(15-7-4-3-5-8-15)18(21)20-19(10-12-22-13-11-19)17-9-6-14-23-17/h3-9,14,16H,2,10-13H2,1H3,(H,20,21)/t16-/m0/s1. The van der Waals surface area contributed by atoms with E-state index >= 15 is 0 Å². The van der Waals surface area contributed by atoms with Crippen molar-refractivity contribution in [1.82, 2.24) is 5.32 Å². The van der Waals surface area contributed by atoms with E-state index in [0.29, 0.717) is 13.2 Å². The Hall–Kier alpha value is -1.65. The third kappa shape index (κ3) is 3.48. The molecule has 2 aromatic rings. The van der Waals surface area contributed by atoms with Gasteiger partial charge in [-0.2, -0.15) is 0 Å². The van der Waals surface area contributed by atoms with Crippen LogP contribution in [0.4, 0.5) is 0 Å². The summed E-state index contributed by atoms with van der Waals surface area (Å²) < 4.78 is 5.53. The summed E-state index contributed by atoms with van der Waals surface area (Å²) in [6.45, 7) is 3.46. The number of nitrogens with one attached hydrogen (secondary N) is 1. The first-order valence-corrected chi connectivity index (χ1v) is 9.12. The largest absolute Gasteiger partial charge is 0.381 e. The fourth-order valence-electron chi connectivity index (χ4n) is 3.28. The molecule has 0 saturated carbocycles. The molecule has 1 aliphatic heterocycles. The fraction of sp³-hybridized carbons (Fsp3) is 0.421. The number of hydrogen-bond donors (Lipinski definition) is 1. The molecule has 0 bridgehead atoms. The average Bonchev–Trinajstić information content (AvgIpc) is 3.12. The van der Waals surface area contributed by atoms with E-state index < -0.39 is 0 Å². The second-order valence-corrected chi connectivity index (χ2v) is 6.98. The van der Waals surface area contributed by atoms with Crippen molar-refractivity contribution in [3.8, 4) is 0 Å². The maximum atomic E-state index is 13.0. The van der Waals surface area contributed by atoms with Crippen molar-refractivity contribution in [2.45, 2.75) is 37.6 Å². The molecule has 1 N–H and O–H groups in total. The SMILES string of the molecule is CC[C@H](C(=O)NC1(c2cccs2)CCOCC1)c1ccccc1. The third-order valence-electron chi connectivity index (χ3n) is 4.63. The topological polar surface area (TPSA) is 38.3 Å². The van der Waals surface area contributed by atoms with E-state index in [4.69, 9.17) is 4.74 Å². The fourth-order valence-corrected chi connectivity index (χ4v) is 4.23. The normalized spacial score (nSPS) is 18.3. The molecule has 3 rings (SSSR count). The van der Waals surface area contributed by atoms with Gasteiger partial charge >= 0.3 is 0 Å². The van der Waals surface area contributed by atoms with Crippen molar-refractivity contribution >= 4 is 17.2 Å². The minimum atomic E-state index is -0.272. The summed E-state index contributed by atoms with van der Waals surface area (Å²) in [6.07, 6.45) is 2.47. The Morgan fingerprint density at radius 1 is 1.22 bits per heavy atom. The zero-order chi connectivity index (χ0) is 16.1. The summed E-state index contributed by atoms with van der Waals surface area (Å²) in [4.78, 5) is 14.2. The molecule has 23 heavy (non-hydrogen) atoms. The van der Waals surface area contributed by atoms with Crippen LogP contribution in [-0.4, -0.2) is 19.1 Å². The number of carbonyl (C=O) groups excluding carboxylic acids is 1. The van der Waals surface area contributed by atoms with Gasteiger partial charge in [0.25, 0.3) is 0 Å². The van der Waals surface area contributed by atoms with Crippen LogP contribution in [-0.2, 0) is 15.1 Å². The first-order valence-electron chi connectivity index (χ1n) is 8.24. The number of amides is 1. The Labute approximate surface area is 141 Å². The lowest BCUT2D eigenvalue weighted by molar-refractivity contribution is -0.126. The lowest BCUT2D eigenvalue weighted by Crippen LogP contribution is -2.50. The highest BCUT2D eigenvalue weighted by molar-refractivity contribution is 7.10. The minimum Gasteiger partial charge on any atom is -0.381 e. The molecular weight excluding hydrogens is 306 g/mol. The van der Waals surface area contributed by atoms with Gasteiger partial charge in [-0.05, 0) is 36.3 Å². The Morgan fingerprint density at radius 3 is 2.57 bits per heavy atom. The number of rotatable bonds is 5. The maximum Gasteiger partial charge on any atom is 0.228 e. The summed E-state index contributed by atoms with van der Waals surface area (Å²) >= 11 is 1.72. The highest BCUT2D eigenvalue weighted by Crippen LogP contribution is 2.36. The van der Waals surface area contributed by atoms with Gasteiger partial charge in [-0.1, -0.05) is 43.3 Å². The van der Waals surface area contributed by atoms with Crippen LogP contribution >= 0.6 is 11.3 Å². The van der Waals surface area contributed by atoms with E-state index in [1.54, 1.807) is 11.3 Å². The summed E-state index contributed by atoms with van der Waals surface area (Å²) in [5.74, 6) is 0.0184. The number of thiophene rings is 1. The summed E-state index contributed by atoms with van der Waals surface area (Å²) in [7, 11) is 0. The zero-order valence-electron chi connectivity index (χ0n) is 13.5. The van der Waals surface area contributed by atoms with E-state index in [2.05, 4.69) is 29.8 Å². The summed E-state index contributed by atoms with van der Waals surface area (Å²) in [6, 6.07) is 14.2. The number of carbonyl (C=O) groups is 1. The molecule has 122 valence electrons. The van der Waals surface area contributed by atoms with Crippen molar-refractivity contribution in [1.29, 1.82) is 0 Å². The molecule has 0 aliphatic carbocycles. The monoisotopic (exact) mass is 329 g/mol. The number of benzene rings is 1. The lowest BCUT2D eigenvalue weighted by atomic mass is 9.86. The van der Waals surface area contributed by atoms with Crippen LogP contribution in [0.2, 0.25) is 0 Å². The zero-order valence-corrected chi connectivity index (χ0v) is 14.3. The molecule has 0 radical (unpaired) electrons. The molecule has 3 nitrogen and oxygen atoms in total. The predicted molar refractivity (Wildman–Crippen MR) is 93.7 cm³/mol. The maximum absolute atomic E-state index is 13.0. The first-order chi connectivity index (χ1) is 11.2. The van der Waals surface area contributed by atoms with Crippen molar-refractivity contribution < 1.29 is 9.53 Å². The Bertz CT molecular complexity index is 618. The summed E-state index contributed by atoms with van der Waals surface area (Å²) in [5, 5.41) is 5.45. The van der Waals surface area contributed by atoms with Gasteiger partial charge in [0.1, 0.15) is 0 Å². The first kappa shape index (κ1) is 16.2. The number of hydrogen-bond acceptors (Lipinski definition) is 3. The molecule has 1 amide bonds. The van der Waals surface area contributed by atoms with Crippen LogP contribution in [0.1, 0.15) is 42.5 Å². The molecule has 1 aliphatic rings. The molecule has 1 saturated heterocycles. The van der Waals surface area contributed by atoms with E-state index in [0.717, 1.165) is 24.8 Å². The van der Waals surface area contributed by atoms with Gasteiger partial charge in [0.2, 0.25) is 5.91 Å². The molecule has 1 atom stereocenters. The van der Waals surface area contributed by atoms with Crippen molar-refractivity contribution in [3.63, 3.8) is 0 Å². The van der Waals surface area contributed by atoms with Gasteiger partial charge in [0.05, 0.1) is 11.5 Å². The number of ether oxygens (including phenoxy) is 1. The van der Waals surface area contributed by atoms with Crippen molar-refractivity contribution in [3.05, 3.63) is 58.3 Å². The predicted octanol–water partition coefficient (Wildman–Crippen LogP) is 4.06. The van der Waals surface area contributed by atoms with Crippen LogP contribution < -0.4 is 5.32 Å². The molecule has 1 aromatic carbocycles. The molecular formula is C19H23NO2S. The van der Waals surface area contributed by atoms with E-state index in [1.807, 2.05) is 30.3 Å². The summed E-state index contributed by atoms with van der Waals surface area (Å²) in [5.41, 5.74) is 0.812. The smallest absolute Gasteiger partial charge is 0.228 e. The molecule has 0 unspecified atom stereocenters. The van der Waals surface area contributed by atoms with Crippen molar-refractivity contribution in [2.75, 3.05) is 13.2 Å². The van der Waals surface area contributed by atoms with Gasteiger partial charge < -0.3 is 10.1 Å². The highest BCUT2D eigenvalue weighted by Gasteiger charge is 2.38. The average molecular weight is 329 g/mol. The lowest BCUT2D eigenvalue weighted by Gasteiger charge is -2.38. The molecule has 0 spiro atoms. The Kier molecular flexibility index (Phi) is 5.13. The van der Waals surface area contributed by atoms with Gasteiger partial charge in [0.15, 0.2) is 0 Å². The minimum absolute atomic E-state index is 0.101. The third-order valence-corrected chi connectivity index (χ3v) is 5.70. The van der Waals surface area contributed by atoms with Crippen LogP contribution in [0.5, 0.6) is 0 Å². The highest BCUT2D eigenvalue weighted by atomic mass is 32.1. The van der Waals surface area contributed by atoms with Crippen LogP contribution in [0, 0.1) is 0 Å². The van der Waals surface area contributed by atoms with Crippen LogP contribution in [0.15, 0.2) is 47.8 Å². The van der Waals surface area contributed by atoms with Gasteiger partial charge in [0, 0.05) is 18.1 Å². The van der Waals surface area contributed by atoms with E-state index in [9.17, 15) is 4.79 Å². The second-order valence-electron chi connectivity index (χ2n) is 6.03. The Balaban J connectivity index is 1.83. The Morgan fingerprint density at radius 2 is 1.96 bits per heavy atom. The van der Waals surface area contributed by atoms with Crippen LogP contribution in [0.25, 0.3) is 0 Å². The van der Waals surface area contributed by atoms with Gasteiger partial charge in [-0.15, -0.1) is 11.3 Å². The second kappa shape index (κ2) is 7.28. The van der Waals surface area contributed by atoms with E-state index in [1.165, 1.54) is 4.88 Å². The van der Waals surface area contributed by atoms with Crippen molar-refractivity contribution in [2.24, 2.45) is 0 Å².